The molecule has 4 atom stereocenters. The average Bonchev–Trinajstić information content (AvgIpc) is 3.37. The lowest BCUT2D eigenvalue weighted by atomic mass is 9.84. The van der Waals surface area contributed by atoms with E-state index < -0.39 is 10.0 Å². The number of benzene rings is 2. The van der Waals surface area contributed by atoms with Gasteiger partial charge in [0.05, 0.1) is 10.6 Å². The number of carbonyl (C=O) groups is 1. The SMILES string of the molecule is C[C@@H](NC(=O)c1ccc(S(=O)(=O)N(C)c2ccccc2)cc1)[C@@H]1C[C@H]2CC[C@H]1C2. The Labute approximate surface area is 173 Å². The zero-order valence-corrected chi connectivity index (χ0v) is 17.7. The molecule has 1 amide bonds. The molecule has 2 fully saturated rings. The van der Waals surface area contributed by atoms with Crippen molar-refractivity contribution in [3.63, 3.8) is 0 Å². The molecule has 2 aliphatic rings. The second-order valence-electron chi connectivity index (χ2n) is 8.43. The lowest BCUT2D eigenvalue weighted by Crippen LogP contribution is -2.40. The van der Waals surface area contributed by atoms with E-state index in [1.807, 2.05) is 6.07 Å². The van der Waals surface area contributed by atoms with Crippen molar-refractivity contribution in [1.29, 1.82) is 0 Å². The van der Waals surface area contributed by atoms with Crippen molar-refractivity contribution in [1.82, 2.24) is 5.32 Å². The summed E-state index contributed by atoms with van der Waals surface area (Å²) in [6.45, 7) is 2.09. The highest BCUT2D eigenvalue weighted by molar-refractivity contribution is 7.92. The minimum atomic E-state index is -3.67. The Bertz CT molecular complexity index is 973. The molecule has 0 unspecified atom stereocenters. The molecule has 1 N–H and O–H groups in total. The highest BCUT2D eigenvalue weighted by atomic mass is 32.2. The van der Waals surface area contributed by atoms with Gasteiger partial charge in [-0.25, -0.2) is 8.42 Å². The van der Waals surface area contributed by atoms with Crippen LogP contribution in [0.4, 0.5) is 5.69 Å². The van der Waals surface area contributed by atoms with Gasteiger partial charge >= 0.3 is 0 Å². The van der Waals surface area contributed by atoms with Gasteiger partial charge in [-0.15, -0.1) is 0 Å². The van der Waals surface area contributed by atoms with E-state index in [0.29, 0.717) is 17.2 Å². The van der Waals surface area contributed by atoms with E-state index in [1.165, 1.54) is 49.2 Å². The summed E-state index contributed by atoms with van der Waals surface area (Å²) in [5, 5.41) is 3.13. The lowest BCUT2D eigenvalue weighted by molar-refractivity contribution is 0.0915. The van der Waals surface area contributed by atoms with Gasteiger partial charge in [0.15, 0.2) is 0 Å². The van der Waals surface area contributed by atoms with Crippen molar-refractivity contribution in [2.45, 2.75) is 43.5 Å². The van der Waals surface area contributed by atoms with Crippen molar-refractivity contribution >= 4 is 21.6 Å². The van der Waals surface area contributed by atoms with Gasteiger partial charge in [-0.3, -0.25) is 9.10 Å². The van der Waals surface area contributed by atoms with Crippen molar-refractivity contribution in [2.75, 3.05) is 11.4 Å². The van der Waals surface area contributed by atoms with Crippen LogP contribution < -0.4 is 9.62 Å². The van der Waals surface area contributed by atoms with Crippen LogP contribution in [0.5, 0.6) is 0 Å². The number of rotatable bonds is 6. The Morgan fingerprint density at radius 3 is 2.31 bits per heavy atom. The number of para-hydroxylation sites is 1. The molecule has 4 rings (SSSR count). The Kier molecular flexibility index (Phi) is 5.38. The minimum Gasteiger partial charge on any atom is -0.349 e. The van der Waals surface area contributed by atoms with Crippen molar-refractivity contribution in [3.05, 3.63) is 60.2 Å². The molecule has 2 bridgehead atoms. The Morgan fingerprint density at radius 1 is 1.03 bits per heavy atom. The summed E-state index contributed by atoms with van der Waals surface area (Å²) in [6.07, 6.45) is 5.16. The molecule has 2 saturated carbocycles. The van der Waals surface area contributed by atoms with Gasteiger partial charge < -0.3 is 5.32 Å². The predicted molar refractivity (Wildman–Crippen MR) is 114 cm³/mol. The van der Waals surface area contributed by atoms with Crippen LogP contribution >= 0.6 is 0 Å². The summed E-state index contributed by atoms with van der Waals surface area (Å²) in [6, 6.07) is 15.3. The maximum Gasteiger partial charge on any atom is 0.264 e. The zero-order chi connectivity index (χ0) is 20.6. The predicted octanol–water partition coefficient (Wildman–Crippen LogP) is 4.07. The van der Waals surface area contributed by atoms with Crippen molar-refractivity contribution in [3.8, 4) is 0 Å². The molecule has 0 heterocycles. The normalized spacial score (nSPS) is 24.3. The zero-order valence-electron chi connectivity index (χ0n) is 16.9. The van der Waals surface area contributed by atoms with Crippen LogP contribution in [0.2, 0.25) is 0 Å². The summed E-state index contributed by atoms with van der Waals surface area (Å²) in [5.74, 6) is 2.02. The molecule has 0 aromatic heterocycles. The number of hydrogen-bond acceptors (Lipinski definition) is 3. The fourth-order valence-electron chi connectivity index (χ4n) is 5.02. The van der Waals surface area contributed by atoms with E-state index in [0.717, 1.165) is 11.8 Å². The van der Waals surface area contributed by atoms with Crippen molar-refractivity contribution < 1.29 is 13.2 Å². The highest BCUT2D eigenvalue weighted by Gasteiger charge is 2.42. The fraction of sp³-hybridized carbons (Fsp3) is 0.435. The maximum absolute atomic E-state index is 12.9. The third-order valence-corrected chi connectivity index (χ3v) is 8.49. The molecule has 29 heavy (non-hydrogen) atoms. The Morgan fingerprint density at radius 2 is 1.72 bits per heavy atom. The van der Waals surface area contributed by atoms with Crippen molar-refractivity contribution in [2.24, 2.45) is 17.8 Å². The molecule has 2 aliphatic carbocycles. The van der Waals surface area contributed by atoms with Gasteiger partial charge in [-0.2, -0.15) is 0 Å². The summed E-state index contributed by atoms with van der Waals surface area (Å²) in [4.78, 5) is 12.8. The van der Waals surface area contributed by atoms with Crippen LogP contribution in [0.1, 0.15) is 43.0 Å². The van der Waals surface area contributed by atoms with Crippen LogP contribution in [0.25, 0.3) is 0 Å². The smallest absolute Gasteiger partial charge is 0.264 e. The van der Waals surface area contributed by atoms with E-state index in [-0.39, 0.29) is 16.8 Å². The molecule has 0 spiro atoms. The quantitative estimate of drug-likeness (QED) is 0.778. The third-order valence-electron chi connectivity index (χ3n) is 6.69. The van der Waals surface area contributed by atoms with Crippen LogP contribution in [0.3, 0.4) is 0 Å². The number of nitrogens with zero attached hydrogens (tertiary/aromatic N) is 1. The topological polar surface area (TPSA) is 66.5 Å². The van der Waals surface area contributed by atoms with E-state index in [9.17, 15) is 13.2 Å². The molecule has 2 aromatic rings. The summed E-state index contributed by atoms with van der Waals surface area (Å²) >= 11 is 0. The average molecular weight is 413 g/mol. The standard InChI is InChI=1S/C23H28N2O3S/c1-16(22-15-17-8-9-19(22)14-17)24-23(26)18-10-12-21(13-11-18)29(27,28)25(2)20-6-4-3-5-7-20/h3-7,10-13,16-17,19,22H,8-9,14-15H2,1-2H3,(H,24,26)/t16-,17+,19+,22+/m1/s1. The molecule has 5 nitrogen and oxygen atoms in total. The van der Waals surface area contributed by atoms with E-state index in [4.69, 9.17) is 0 Å². The van der Waals surface area contributed by atoms with Gasteiger partial charge in [0.2, 0.25) is 0 Å². The second kappa shape index (κ2) is 7.82. The number of carbonyl (C=O) groups excluding carboxylic acids is 1. The summed E-state index contributed by atoms with van der Waals surface area (Å²) in [5.41, 5.74) is 1.08. The maximum atomic E-state index is 12.9. The van der Waals surface area contributed by atoms with E-state index in [2.05, 4.69) is 12.2 Å². The first-order valence-electron chi connectivity index (χ1n) is 10.3. The third kappa shape index (κ3) is 3.90. The van der Waals surface area contributed by atoms with Crippen LogP contribution in [-0.2, 0) is 10.0 Å². The molecule has 154 valence electrons. The number of nitrogens with one attached hydrogen (secondary N) is 1. The van der Waals surface area contributed by atoms with Gasteiger partial charge in [0.1, 0.15) is 0 Å². The first-order valence-corrected chi connectivity index (χ1v) is 11.7. The van der Waals surface area contributed by atoms with Gasteiger partial charge in [0.25, 0.3) is 15.9 Å². The highest BCUT2D eigenvalue weighted by Crippen LogP contribution is 2.49. The van der Waals surface area contributed by atoms with Gasteiger partial charge in [-0.05, 0) is 80.3 Å². The largest absolute Gasteiger partial charge is 0.349 e. The summed E-state index contributed by atoms with van der Waals surface area (Å²) in [7, 11) is -2.14. The second-order valence-corrected chi connectivity index (χ2v) is 10.4. The van der Waals surface area contributed by atoms with E-state index >= 15 is 0 Å². The first kappa shape index (κ1) is 20.0. The molecule has 6 heteroatoms. The molecule has 0 saturated heterocycles. The molecule has 0 radical (unpaired) electrons. The number of sulfonamides is 1. The van der Waals surface area contributed by atoms with Crippen LogP contribution in [0, 0.1) is 17.8 Å². The fourth-order valence-corrected chi connectivity index (χ4v) is 6.21. The minimum absolute atomic E-state index is 0.138. The number of anilines is 1. The Hall–Kier alpha value is -2.34. The molecule has 0 aliphatic heterocycles. The molecular weight excluding hydrogens is 384 g/mol. The van der Waals surface area contributed by atoms with Crippen LogP contribution in [0.15, 0.2) is 59.5 Å². The monoisotopic (exact) mass is 412 g/mol. The molecular formula is C23H28N2O3S. The molecule has 2 aromatic carbocycles. The van der Waals surface area contributed by atoms with Gasteiger partial charge in [0, 0.05) is 18.7 Å². The lowest BCUT2D eigenvalue weighted by Gasteiger charge is -2.28. The van der Waals surface area contributed by atoms with Gasteiger partial charge in [-0.1, -0.05) is 24.6 Å². The number of amides is 1. The summed E-state index contributed by atoms with van der Waals surface area (Å²) < 4.78 is 27.0. The van der Waals surface area contributed by atoms with Crippen LogP contribution in [-0.4, -0.2) is 27.4 Å². The number of fused-ring (bicyclic) bond motifs is 2. The van der Waals surface area contributed by atoms with E-state index in [1.54, 1.807) is 36.4 Å². The Balaban J connectivity index is 1.44. The first-order chi connectivity index (χ1) is 13.9. The number of hydrogen-bond donors (Lipinski definition) is 1.